The van der Waals surface area contributed by atoms with E-state index >= 15 is 0 Å². The van der Waals surface area contributed by atoms with Crippen molar-refractivity contribution in [3.63, 3.8) is 0 Å². The van der Waals surface area contributed by atoms with E-state index in [-0.39, 0.29) is 5.91 Å². The third-order valence-electron chi connectivity index (χ3n) is 2.49. The molecule has 0 aromatic heterocycles. The summed E-state index contributed by atoms with van der Waals surface area (Å²) < 4.78 is 0. The summed E-state index contributed by atoms with van der Waals surface area (Å²) in [5.41, 5.74) is 0. The molecule has 1 rings (SSSR count). The highest BCUT2D eigenvalue weighted by Crippen LogP contribution is 2.09. The van der Waals surface area contributed by atoms with Crippen LogP contribution in [-0.2, 0) is 4.79 Å². The van der Waals surface area contributed by atoms with Gasteiger partial charge in [0, 0.05) is 25.9 Å². The van der Waals surface area contributed by atoms with E-state index in [2.05, 4.69) is 11.8 Å². The Kier molecular flexibility index (Phi) is 4.50. The average molecular weight is 196 g/mol. The highest BCUT2D eigenvalue weighted by atomic mass is 16.2. The Balaban J connectivity index is 2.11. The molecule has 0 unspecified atom stereocenters. The zero-order chi connectivity index (χ0) is 10.4. The van der Waals surface area contributed by atoms with Gasteiger partial charge < -0.3 is 4.90 Å². The number of unbranched alkanes of at least 4 members (excludes halogenated alkanes) is 3. The van der Waals surface area contributed by atoms with Crippen LogP contribution in [0.1, 0.15) is 39.5 Å². The number of hydrogen-bond acceptors (Lipinski definition) is 2. The quantitative estimate of drug-likeness (QED) is 0.629. The molecule has 0 atom stereocenters. The molecule has 3 nitrogen and oxygen atoms in total. The fourth-order valence-corrected chi connectivity index (χ4v) is 1.56. The lowest BCUT2D eigenvalue weighted by molar-refractivity contribution is -0.126. The molecule has 0 bridgehead atoms. The summed E-state index contributed by atoms with van der Waals surface area (Å²) >= 11 is 0. The van der Waals surface area contributed by atoms with Crippen LogP contribution >= 0.6 is 0 Å². The van der Waals surface area contributed by atoms with Gasteiger partial charge in [-0.05, 0) is 6.42 Å². The van der Waals surface area contributed by atoms with E-state index in [0.29, 0.717) is 0 Å². The van der Waals surface area contributed by atoms with Crippen molar-refractivity contribution in [3.8, 4) is 0 Å². The van der Waals surface area contributed by atoms with Gasteiger partial charge in [0.25, 0.3) is 0 Å². The van der Waals surface area contributed by atoms with Crippen LogP contribution in [0.15, 0.2) is 12.4 Å². The second-order valence-electron chi connectivity index (χ2n) is 3.80. The molecule has 0 fully saturated rings. The van der Waals surface area contributed by atoms with E-state index < -0.39 is 0 Å². The van der Waals surface area contributed by atoms with E-state index in [9.17, 15) is 4.79 Å². The highest BCUT2D eigenvalue weighted by molar-refractivity contribution is 5.74. The second kappa shape index (κ2) is 5.68. The predicted molar refractivity (Wildman–Crippen MR) is 57.4 cm³/mol. The Labute approximate surface area is 86.4 Å². The molecule has 14 heavy (non-hydrogen) atoms. The number of carbonyl (C=O) groups excluding carboxylic acids is 1. The van der Waals surface area contributed by atoms with Gasteiger partial charge in [-0.1, -0.05) is 26.2 Å². The molecule has 0 aromatic rings. The minimum Gasteiger partial charge on any atom is -0.358 e. The molecule has 0 N–H and O–H groups in total. The summed E-state index contributed by atoms with van der Waals surface area (Å²) in [6.45, 7) is 5.62. The first-order chi connectivity index (χ1) is 6.74. The summed E-state index contributed by atoms with van der Waals surface area (Å²) in [7, 11) is 0. The smallest absolute Gasteiger partial charge is 0.224 e. The molecule has 1 aliphatic rings. The Morgan fingerprint density at radius 2 is 2.07 bits per heavy atom. The van der Waals surface area contributed by atoms with Crippen LogP contribution in [0.25, 0.3) is 0 Å². The van der Waals surface area contributed by atoms with Crippen molar-refractivity contribution >= 4 is 5.91 Å². The number of rotatable bonds is 5. The van der Waals surface area contributed by atoms with E-state index in [1.165, 1.54) is 25.7 Å². The van der Waals surface area contributed by atoms with Gasteiger partial charge in [-0.2, -0.15) is 0 Å². The molecule has 0 radical (unpaired) electrons. The van der Waals surface area contributed by atoms with Crippen LogP contribution < -0.4 is 0 Å². The van der Waals surface area contributed by atoms with E-state index in [4.69, 9.17) is 0 Å². The highest BCUT2D eigenvalue weighted by Gasteiger charge is 2.14. The van der Waals surface area contributed by atoms with Crippen molar-refractivity contribution in [2.75, 3.05) is 13.2 Å². The molecule has 0 spiro atoms. The van der Waals surface area contributed by atoms with Gasteiger partial charge in [-0.3, -0.25) is 9.69 Å². The summed E-state index contributed by atoms with van der Waals surface area (Å²) in [6.07, 6.45) is 8.98. The number of carbonyl (C=O) groups is 1. The normalized spacial score (nSPS) is 15.3. The van der Waals surface area contributed by atoms with Crippen LogP contribution in [0.2, 0.25) is 0 Å². The maximum absolute atomic E-state index is 11.0. The largest absolute Gasteiger partial charge is 0.358 e. The van der Waals surface area contributed by atoms with Gasteiger partial charge in [0.05, 0.1) is 6.67 Å². The molecule has 3 heteroatoms. The molecule has 0 saturated carbocycles. The summed E-state index contributed by atoms with van der Waals surface area (Å²) in [5, 5.41) is 0. The van der Waals surface area contributed by atoms with Crippen molar-refractivity contribution in [3.05, 3.63) is 12.4 Å². The SMILES string of the molecule is CCCCCCN1C=CN(C(C)=O)C1. The molecule has 1 heterocycles. The lowest BCUT2D eigenvalue weighted by Crippen LogP contribution is -2.29. The Morgan fingerprint density at radius 3 is 2.64 bits per heavy atom. The van der Waals surface area contributed by atoms with Gasteiger partial charge in [-0.15, -0.1) is 0 Å². The summed E-state index contributed by atoms with van der Waals surface area (Å²) in [6, 6.07) is 0. The van der Waals surface area contributed by atoms with Crippen molar-refractivity contribution < 1.29 is 4.79 Å². The van der Waals surface area contributed by atoms with Gasteiger partial charge in [0.1, 0.15) is 0 Å². The van der Waals surface area contributed by atoms with Crippen LogP contribution in [0.5, 0.6) is 0 Å². The summed E-state index contributed by atoms with van der Waals surface area (Å²) in [4.78, 5) is 14.9. The van der Waals surface area contributed by atoms with Gasteiger partial charge >= 0.3 is 0 Å². The number of hydrogen-bond donors (Lipinski definition) is 0. The van der Waals surface area contributed by atoms with Crippen LogP contribution in [0.4, 0.5) is 0 Å². The third kappa shape index (κ3) is 3.40. The number of nitrogens with zero attached hydrogens (tertiary/aromatic N) is 2. The second-order valence-corrected chi connectivity index (χ2v) is 3.80. The minimum atomic E-state index is 0.123. The zero-order valence-electron chi connectivity index (χ0n) is 9.20. The van der Waals surface area contributed by atoms with E-state index in [1.54, 1.807) is 11.8 Å². The van der Waals surface area contributed by atoms with Crippen molar-refractivity contribution in [2.24, 2.45) is 0 Å². The average Bonchev–Trinajstić information content (AvgIpc) is 2.61. The fourth-order valence-electron chi connectivity index (χ4n) is 1.56. The molecular weight excluding hydrogens is 176 g/mol. The maximum atomic E-state index is 11.0. The predicted octanol–water partition coefficient (Wildman–Crippen LogP) is 2.16. The van der Waals surface area contributed by atoms with Crippen LogP contribution in [0.3, 0.4) is 0 Å². The van der Waals surface area contributed by atoms with Crippen LogP contribution in [0, 0.1) is 0 Å². The Morgan fingerprint density at radius 1 is 1.29 bits per heavy atom. The first-order valence-corrected chi connectivity index (χ1v) is 5.43. The van der Waals surface area contributed by atoms with E-state index in [1.807, 2.05) is 12.4 Å². The maximum Gasteiger partial charge on any atom is 0.224 e. The molecule has 0 aliphatic carbocycles. The summed E-state index contributed by atoms with van der Waals surface area (Å²) in [5.74, 6) is 0.123. The Hall–Kier alpha value is -0.990. The van der Waals surface area contributed by atoms with Crippen molar-refractivity contribution in [2.45, 2.75) is 39.5 Å². The Bertz CT molecular complexity index is 213. The molecule has 80 valence electrons. The van der Waals surface area contributed by atoms with Crippen LogP contribution in [-0.4, -0.2) is 28.9 Å². The molecule has 1 aliphatic heterocycles. The number of amides is 1. The third-order valence-corrected chi connectivity index (χ3v) is 2.49. The molecular formula is C11H20N2O. The van der Waals surface area contributed by atoms with Gasteiger partial charge in [0.15, 0.2) is 0 Å². The lowest BCUT2D eigenvalue weighted by atomic mass is 10.2. The topological polar surface area (TPSA) is 23.6 Å². The van der Waals surface area contributed by atoms with Crippen molar-refractivity contribution in [1.82, 2.24) is 9.80 Å². The molecule has 0 aromatic carbocycles. The first-order valence-electron chi connectivity index (χ1n) is 5.43. The first kappa shape index (κ1) is 11.1. The van der Waals surface area contributed by atoms with Crippen molar-refractivity contribution in [1.29, 1.82) is 0 Å². The minimum absolute atomic E-state index is 0.123. The molecule has 0 saturated heterocycles. The fraction of sp³-hybridized carbons (Fsp3) is 0.727. The standard InChI is InChI=1S/C11H20N2O/c1-3-4-5-6-7-12-8-9-13(10-12)11(2)14/h8-9H,3-7,10H2,1-2H3. The van der Waals surface area contributed by atoms with Gasteiger partial charge in [0.2, 0.25) is 5.91 Å². The molecule has 1 amide bonds. The monoisotopic (exact) mass is 196 g/mol. The lowest BCUT2D eigenvalue weighted by Gasteiger charge is -2.18. The van der Waals surface area contributed by atoms with Gasteiger partial charge in [-0.25, -0.2) is 0 Å². The zero-order valence-corrected chi connectivity index (χ0v) is 9.20. The van der Waals surface area contributed by atoms with E-state index in [0.717, 1.165) is 13.2 Å².